The van der Waals surface area contributed by atoms with Crippen molar-refractivity contribution in [1.29, 1.82) is 0 Å². The Bertz CT molecular complexity index is 470. The van der Waals surface area contributed by atoms with Gasteiger partial charge in [0, 0.05) is 25.5 Å². The predicted octanol–water partition coefficient (Wildman–Crippen LogP) is 0.659. The number of nitrogens with zero attached hydrogens (tertiary/aromatic N) is 4. The van der Waals surface area contributed by atoms with E-state index in [0.717, 1.165) is 12.2 Å². The van der Waals surface area contributed by atoms with Crippen LogP contribution < -0.4 is 11.1 Å². The Kier molecular flexibility index (Phi) is 3.49. The molecular formula is C10H14N6O. The number of nitrogen functional groups attached to an aromatic ring is 1. The third-order valence-electron chi connectivity index (χ3n) is 2.16. The highest BCUT2D eigenvalue weighted by atomic mass is 16.5. The Labute approximate surface area is 98.5 Å². The summed E-state index contributed by atoms with van der Waals surface area (Å²) >= 11 is 0. The minimum Gasteiger partial charge on any atom is -0.384 e. The van der Waals surface area contributed by atoms with Gasteiger partial charge >= 0.3 is 0 Å². The number of anilines is 2. The Morgan fingerprint density at radius 2 is 2.29 bits per heavy atom. The lowest BCUT2D eigenvalue weighted by Gasteiger charge is -2.06. The minimum atomic E-state index is 0.470. The molecule has 0 spiro atoms. The Balaban J connectivity index is 1.92. The zero-order chi connectivity index (χ0) is 12.1. The van der Waals surface area contributed by atoms with Crippen LogP contribution in [0, 0.1) is 0 Å². The summed E-state index contributed by atoms with van der Waals surface area (Å²) in [4.78, 5) is 12.3. The summed E-state index contributed by atoms with van der Waals surface area (Å²) in [5.41, 5.74) is 5.67. The van der Waals surface area contributed by atoms with Gasteiger partial charge in [-0.25, -0.2) is 9.97 Å². The minimum absolute atomic E-state index is 0.470. The first-order chi connectivity index (χ1) is 8.28. The van der Waals surface area contributed by atoms with Gasteiger partial charge in [-0.3, -0.25) is 0 Å². The average molecular weight is 234 g/mol. The fourth-order valence-corrected chi connectivity index (χ4v) is 1.37. The van der Waals surface area contributed by atoms with Crippen LogP contribution in [0.5, 0.6) is 0 Å². The van der Waals surface area contributed by atoms with E-state index < -0.39 is 0 Å². The molecule has 0 unspecified atom stereocenters. The first kappa shape index (κ1) is 11.3. The normalized spacial score (nSPS) is 10.4. The molecule has 2 rings (SSSR count). The number of rotatable bonds is 5. The second-order valence-electron chi connectivity index (χ2n) is 3.46. The molecule has 17 heavy (non-hydrogen) atoms. The highest BCUT2D eigenvalue weighted by Crippen LogP contribution is 2.08. The van der Waals surface area contributed by atoms with Crippen molar-refractivity contribution in [3.8, 4) is 0 Å². The van der Waals surface area contributed by atoms with Crippen LogP contribution in [0.3, 0.4) is 0 Å². The van der Waals surface area contributed by atoms with Gasteiger partial charge in [-0.05, 0) is 0 Å². The number of nitrogens with one attached hydrogen (secondary N) is 1. The molecule has 0 saturated heterocycles. The van der Waals surface area contributed by atoms with Crippen molar-refractivity contribution in [2.24, 2.45) is 0 Å². The molecule has 90 valence electrons. The summed E-state index contributed by atoms with van der Waals surface area (Å²) in [7, 11) is 0. The second kappa shape index (κ2) is 5.24. The molecule has 0 aliphatic rings. The molecule has 0 fully saturated rings. The van der Waals surface area contributed by atoms with Gasteiger partial charge in [0.1, 0.15) is 17.5 Å². The molecule has 0 bridgehead atoms. The molecule has 2 heterocycles. The standard InChI is InChI=1S/C10H14N6O/c1-2-8-15-7(11)5-9(16-8)12-4-3-10-13-6-14-17-10/h5-6H,2-4H2,1H3,(H3,11,12,15,16). The van der Waals surface area contributed by atoms with Crippen LogP contribution in [0.25, 0.3) is 0 Å². The molecule has 0 aliphatic carbocycles. The Morgan fingerprint density at radius 1 is 1.41 bits per heavy atom. The van der Waals surface area contributed by atoms with Crippen molar-refractivity contribution in [2.45, 2.75) is 19.8 Å². The number of nitrogens with two attached hydrogens (primary N) is 1. The zero-order valence-electron chi connectivity index (χ0n) is 9.55. The molecule has 0 aromatic carbocycles. The van der Waals surface area contributed by atoms with Gasteiger partial charge < -0.3 is 15.6 Å². The van der Waals surface area contributed by atoms with Crippen molar-refractivity contribution in [2.75, 3.05) is 17.6 Å². The van der Waals surface area contributed by atoms with Crippen molar-refractivity contribution < 1.29 is 4.52 Å². The monoisotopic (exact) mass is 234 g/mol. The smallest absolute Gasteiger partial charge is 0.228 e. The van der Waals surface area contributed by atoms with Crippen molar-refractivity contribution in [3.63, 3.8) is 0 Å². The van der Waals surface area contributed by atoms with E-state index in [0.29, 0.717) is 30.5 Å². The molecule has 0 aliphatic heterocycles. The van der Waals surface area contributed by atoms with E-state index in [9.17, 15) is 0 Å². The fourth-order valence-electron chi connectivity index (χ4n) is 1.37. The van der Waals surface area contributed by atoms with Crippen LogP contribution >= 0.6 is 0 Å². The SMILES string of the molecule is CCc1nc(N)cc(NCCc2ncno2)n1. The van der Waals surface area contributed by atoms with E-state index in [1.54, 1.807) is 6.07 Å². The fraction of sp³-hybridized carbons (Fsp3) is 0.400. The quantitative estimate of drug-likeness (QED) is 0.783. The van der Waals surface area contributed by atoms with Crippen molar-refractivity contribution >= 4 is 11.6 Å². The van der Waals surface area contributed by atoms with Crippen LogP contribution in [0.1, 0.15) is 18.6 Å². The topological polar surface area (TPSA) is 103 Å². The molecule has 0 radical (unpaired) electrons. The van der Waals surface area contributed by atoms with E-state index in [4.69, 9.17) is 10.3 Å². The molecule has 0 saturated carbocycles. The van der Waals surface area contributed by atoms with Gasteiger partial charge in [0.15, 0.2) is 6.33 Å². The number of hydrogen-bond acceptors (Lipinski definition) is 7. The highest BCUT2D eigenvalue weighted by molar-refractivity contribution is 5.44. The van der Waals surface area contributed by atoms with Crippen LogP contribution in [-0.2, 0) is 12.8 Å². The lowest BCUT2D eigenvalue weighted by Crippen LogP contribution is -2.09. The maximum atomic E-state index is 5.67. The first-order valence-corrected chi connectivity index (χ1v) is 5.40. The number of aromatic nitrogens is 4. The van der Waals surface area contributed by atoms with E-state index in [1.807, 2.05) is 6.92 Å². The van der Waals surface area contributed by atoms with Gasteiger partial charge in [-0.1, -0.05) is 12.1 Å². The maximum Gasteiger partial charge on any atom is 0.228 e. The van der Waals surface area contributed by atoms with E-state index in [1.165, 1.54) is 6.33 Å². The lowest BCUT2D eigenvalue weighted by molar-refractivity contribution is 0.379. The van der Waals surface area contributed by atoms with Gasteiger partial charge in [-0.15, -0.1) is 0 Å². The van der Waals surface area contributed by atoms with E-state index in [2.05, 4.69) is 25.4 Å². The molecule has 7 heteroatoms. The lowest BCUT2D eigenvalue weighted by atomic mass is 10.4. The predicted molar refractivity (Wildman–Crippen MR) is 62.3 cm³/mol. The summed E-state index contributed by atoms with van der Waals surface area (Å²) in [6.07, 6.45) is 2.78. The maximum absolute atomic E-state index is 5.67. The molecule has 2 aromatic rings. The van der Waals surface area contributed by atoms with E-state index in [-0.39, 0.29) is 0 Å². The summed E-state index contributed by atoms with van der Waals surface area (Å²) in [6.45, 7) is 2.64. The summed E-state index contributed by atoms with van der Waals surface area (Å²) in [5, 5.41) is 6.67. The number of hydrogen-bond donors (Lipinski definition) is 2. The van der Waals surface area contributed by atoms with Crippen LogP contribution in [0.15, 0.2) is 16.9 Å². The largest absolute Gasteiger partial charge is 0.384 e. The van der Waals surface area contributed by atoms with Gasteiger partial charge in [0.05, 0.1) is 0 Å². The Hall–Kier alpha value is -2.18. The third-order valence-corrected chi connectivity index (χ3v) is 2.16. The highest BCUT2D eigenvalue weighted by Gasteiger charge is 2.02. The summed E-state index contributed by atoms with van der Waals surface area (Å²) < 4.78 is 4.88. The third kappa shape index (κ3) is 3.13. The molecule has 0 amide bonds. The summed E-state index contributed by atoms with van der Waals surface area (Å²) in [5.74, 6) is 2.51. The van der Waals surface area contributed by atoms with Crippen LogP contribution in [0.4, 0.5) is 11.6 Å². The van der Waals surface area contributed by atoms with Gasteiger partial charge in [0.25, 0.3) is 0 Å². The van der Waals surface area contributed by atoms with Gasteiger partial charge in [0.2, 0.25) is 5.89 Å². The Morgan fingerprint density at radius 3 is 3.00 bits per heavy atom. The first-order valence-electron chi connectivity index (χ1n) is 5.40. The average Bonchev–Trinajstić information content (AvgIpc) is 2.81. The second-order valence-corrected chi connectivity index (χ2v) is 3.46. The molecule has 3 N–H and O–H groups in total. The van der Waals surface area contributed by atoms with Gasteiger partial charge in [-0.2, -0.15) is 4.98 Å². The summed E-state index contributed by atoms with van der Waals surface area (Å²) in [6, 6.07) is 1.70. The molecule has 7 nitrogen and oxygen atoms in total. The molecule has 0 atom stereocenters. The molecule has 2 aromatic heterocycles. The van der Waals surface area contributed by atoms with Crippen molar-refractivity contribution in [3.05, 3.63) is 24.1 Å². The van der Waals surface area contributed by atoms with Crippen LogP contribution in [-0.4, -0.2) is 26.7 Å². The molecular weight excluding hydrogens is 220 g/mol. The van der Waals surface area contributed by atoms with Crippen molar-refractivity contribution in [1.82, 2.24) is 20.1 Å². The van der Waals surface area contributed by atoms with Crippen LogP contribution in [0.2, 0.25) is 0 Å². The number of aryl methyl sites for hydroxylation is 1. The van der Waals surface area contributed by atoms with E-state index >= 15 is 0 Å². The zero-order valence-corrected chi connectivity index (χ0v) is 9.55.